The molecule has 0 aliphatic heterocycles. The third-order valence-electron chi connectivity index (χ3n) is 0.408. The van der Waals surface area contributed by atoms with E-state index in [9.17, 15) is 8.42 Å². The van der Waals surface area contributed by atoms with Gasteiger partial charge in [0.25, 0.3) is 0 Å². The Balaban J connectivity index is -0.0000000600. The molecule has 0 spiro atoms. The molecular formula is C2H9NaO4S2. The minimum absolute atomic E-state index is 0. The van der Waals surface area contributed by atoms with Gasteiger partial charge in [0, 0.05) is 0 Å². The Kier molecular flexibility index (Phi) is 13.6. The Morgan fingerprint density at radius 2 is 1.44 bits per heavy atom. The fourth-order valence-corrected chi connectivity index (χ4v) is 0.204. The van der Waals surface area contributed by atoms with Crippen LogP contribution in [0.15, 0.2) is 0 Å². The molecular weight excluding hydrogens is 175 g/mol. The summed E-state index contributed by atoms with van der Waals surface area (Å²) in [6.07, 6.45) is 0. The van der Waals surface area contributed by atoms with Crippen LogP contribution < -0.4 is 29.6 Å². The fraction of sp³-hybridized carbons (Fsp3) is 1.00. The maximum absolute atomic E-state index is 9.92. The Morgan fingerprint density at radius 1 is 1.22 bits per heavy atom. The second-order valence-corrected chi connectivity index (χ2v) is 2.22. The van der Waals surface area contributed by atoms with Crippen molar-refractivity contribution < 1.29 is 47.8 Å². The normalized spacial score (nSPS) is 9.11. The van der Waals surface area contributed by atoms with Crippen LogP contribution in [0, 0.1) is 0 Å². The van der Waals surface area contributed by atoms with Crippen molar-refractivity contribution in [3.05, 3.63) is 0 Å². The first-order valence-electron chi connectivity index (χ1n) is 1.48. The quantitative estimate of drug-likeness (QED) is 0.423. The molecule has 0 radical (unpaired) electrons. The van der Waals surface area contributed by atoms with Crippen LogP contribution in [0.2, 0.25) is 0 Å². The average Bonchev–Trinajstić information content (AvgIpc) is 1.68. The van der Waals surface area contributed by atoms with Crippen molar-refractivity contribution in [2.24, 2.45) is 0 Å². The van der Waals surface area contributed by atoms with Crippen LogP contribution in [-0.2, 0) is 18.8 Å². The van der Waals surface area contributed by atoms with E-state index in [1.165, 1.54) is 0 Å². The molecule has 0 fully saturated rings. The first kappa shape index (κ1) is 16.7. The monoisotopic (exact) mass is 184 g/mol. The van der Waals surface area contributed by atoms with E-state index < -0.39 is 10.4 Å². The van der Waals surface area contributed by atoms with E-state index in [0.717, 1.165) is 14.2 Å². The molecule has 0 rings (SSSR count). The van der Waals surface area contributed by atoms with Crippen LogP contribution in [0.5, 0.6) is 0 Å². The molecule has 0 N–H and O–H groups in total. The molecule has 7 heteroatoms. The molecule has 0 heterocycles. The summed E-state index contributed by atoms with van der Waals surface area (Å²) < 4.78 is 27.5. The van der Waals surface area contributed by atoms with Gasteiger partial charge in [-0.3, -0.25) is 8.37 Å². The number of rotatable bonds is 2. The largest absolute Gasteiger partial charge is 1.00 e. The van der Waals surface area contributed by atoms with Crippen LogP contribution in [0.25, 0.3) is 0 Å². The molecule has 0 atom stereocenters. The summed E-state index contributed by atoms with van der Waals surface area (Å²) in [6.45, 7) is 0. The van der Waals surface area contributed by atoms with Gasteiger partial charge < -0.3 is 1.43 Å². The summed E-state index contributed by atoms with van der Waals surface area (Å²) in [5.41, 5.74) is 0. The smallest absolute Gasteiger partial charge is 1.00 e. The molecule has 9 heavy (non-hydrogen) atoms. The van der Waals surface area contributed by atoms with Crippen molar-refractivity contribution in [2.45, 2.75) is 0 Å². The second kappa shape index (κ2) is 7.33. The van der Waals surface area contributed by atoms with Gasteiger partial charge in [0.1, 0.15) is 0 Å². The SMILES string of the molecule is COS(=O)(=O)OC.S.[H-].[Na+]. The Labute approximate surface area is 85.5 Å². The summed E-state index contributed by atoms with van der Waals surface area (Å²) in [6, 6.07) is 0. The van der Waals surface area contributed by atoms with Crippen LogP contribution >= 0.6 is 13.5 Å². The zero-order chi connectivity index (χ0) is 5.91. The third-order valence-corrected chi connectivity index (χ3v) is 1.22. The van der Waals surface area contributed by atoms with E-state index in [2.05, 4.69) is 8.37 Å². The molecule has 0 aliphatic carbocycles. The summed E-state index contributed by atoms with van der Waals surface area (Å²) in [5, 5.41) is 0. The maximum Gasteiger partial charge on any atom is 1.00 e. The van der Waals surface area contributed by atoms with Crippen molar-refractivity contribution in [3.8, 4) is 0 Å². The van der Waals surface area contributed by atoms with Gasteiger partial charge in [0.15, 0.2) is 0 Å². The first-order valence-corrected chi connectivity index (χ1v) is 2.82. The summed E-state index contributed by atoms with van der Waals surface area (Å²) in [5.74, 6) is 0. The van der Waals surface area contributed by atoms with Gasteiger partial charge in [-0.15, -0.1) is 0 Å². The molecule has 0 saturated heterocycles. The molecule has 0 saturated carbocycles. The predicted molar refractivity (Wildman–Crippen MR) is 34.4 cm³/mol. The zero-order valence-electron chi connectivity index (χ0n) is 6.54. The Morgan fingerprint density at radius 3 is 1.44 bits per heavy atom. The van der Waals surface area contributed by atoms with Crippen LogP contribution in [-0.4, -0.2) is 22.6 Å². The first-order chi connectivity index (χ1) is 3.12. The van der Waals surface area contributed by atoms with Crippen molar-refractivity contribution in [3.63, 3.8) is 0 Å². The van der Waals surface area contributed by atoms with Gasteiger partial charge in [-0.25, -0.2) is 0 Å². The van der Waals surface area contributed by atoms with Crippen molar-refractivity contribution in [1.29, 1.82) is 0 Å². The van der Waals surface area contributed by atoms with Gasteiger partial charge in [-0.2, -0.15) is 21.9 Å². The van der Waals surface area contributed by atoms with E-state index in [1.54, 1.807) is 0 Å². The summed E-state index contributed by atoms with van der Waals surface area (Å²) in [4.78, 5) is 0. The van der Waals surface area contributed by atoms with Gasteiger partial charge in [0.2, 0.25) is 0 Å². The number of hydrogen-bond acceptors (Lipinski definition) is 4. The Bertz CT molecular complexity index is 124. The molecule has 0 aromatic heterocycles. The zero-order valence-corrected chi connectivity index (χ0v) is 9.36. The standard InChI is InChI=1S/C2H6O4S.Na.H2S.H/c1-5-7(3,4)6-2;;;/h1-2H3;;1H2;/q;+1;;-1. The maximum atomic E-state index is 9.92. The van der Waals surface area contributed by atoms with E-state index in [-0.39, 0.29) is 44.5 Å². The molecule has 0 aliphatic rings. The molecule has 0 amide bonds. The molecule has 54 valence electrons. The second-order valence-electron chi connectivity index (χ2n) is 0.742. The van der Waals surface area contributed by atoms with Crippen LogP contribution in [0.1, 0.15) is 1.43 Å². The van der Waals surface area contributed by atoms with Gasteiger partial charge in [-0.05, 0) is 0 Å². The van der Waals surface area contributed by atoms with Gasteiger partial charge >= 0.3 is 40.0 Å². The third kappa shape index (κ3) is 9.22. The van der Waals surface area contributed by atoms with E-state index >= 15 is 0 Å². The molecule has 0 bridgehead atoms. The van der Waals surface area contributed by atoms with Crippen LogP contribution in [0.4, 0.5) is 0 Å². The van der Waals surface area contributed by atoms with E-state index in [0.29, 0.717) is 0 Å². The average molecular weight is 184 g/mol. The van der Waals surface area contributed by atoms with E-state index in [4.69, 9.17) is 0 Å². The van der Waals surface area contributed by atoms with Gasteiger partial charge in [0.05, 0.1) is 14.2 Å². The van der Waals surface area contributed by atoms with Crippen molar-refractivity contribution in [2.75, 3.05) is 14.2 Å². The predicted octanol–water partition coefficient (Wildman–Crippen LogP) is -3.25. The van der Waals surface area contributed by atoms with Crippen molar-refractivity contribution >= 4 is 23.9 Å². The van der Waals surface area contributed by atoms with Crippen LogP contribution in [0.3, 0.4) is 0 Å². The minimum atomic E-state index is -3.66. The topological polar surface area (TPSA) is 52.6 Å². The van der Waals surface area contributed by atoms with Gasteiger partial charge in [-0.1, -0.05) is 0 Å². The summed E-state index contributed by atoms with van der Waals surface area (Å²) in [7, 11) is -1.60. The van der Waals surface area contributed by atoms with Crippen molar-refractivity contribution in [1.82, 2.24) is 0 Å². The summed E-state index contributed by atoms with van der Waals surface area (Å²) >= 11 is 0. The molecule has 0 unspecified atom stereocenters. The number of hydrogen-bond donors (Lipinski definition) is 0. The Hall–Kier alpha value is 1.22. The molecule has 0 aromatic carbocycles. The minimum Gasteiger partial charge on any atom is -1.00 e. The molecule has 4 nitrogen and oxygen atoms in total. The molecule has 0 aromatic rings. The van der Waals surface area contributed by atoms with E-state index in [1.807, 2.05) is 0 Å². The fourth-order valence-electron chi connectivity index (χ4n) is 0.0680.